The van der Waals surface area contributed by atoms with Gasteiger partial charge in [-0.3, -0.25) is 5.84 Å². The van der Waals surface area contributed by atoms with Crippen LogP contribution in [0.5, 0.6) is 0 Å². The summed E-state index contributed by atoms with van der Waals surface area (Å²) in [5.41, 5.74) is 1.20. The monoisotopic (exact) mass is 189 g/mol. The third kappa shape index (κ3) is 4.04. The zero-order valence-electron chi connectivity index (χ0n) is 8.19. The summed E-state index contributed by atoms with van der Waals surface area (Å²) < 4.78 is 0. The summed E-state index contributed by atoms with van der Waals surface area (Å²) in [6, 6.07) is 12.2. The van der Waals surface area contributed by atoms with E-state index in [0.717, 1.165) is 19.5 Å². The van der Waals surface area contributed by atoms with Gasteiger partial charge in [-0.2, -0.15) is 5.26 Å². The molecule has 0 aliphatic carbocycles. The van der Waals surface area contributed by atoms with Crippen LogP contribution in [0.1, 0.15) is 18.4 Å². The van der Waals surface area contributed by atoms with Crippen LogP contribution in [0, 0.1) is 11.3 Å². The van der Waals surface area contributed by atoms with E-state index in [1.54, 1.807) is 5.01 Å². The second-order valence-electron chi connectivity index (χ2n) is 3.22. The molecule has 3 nitrogen and oxygen atoms in total. The van der Waals surface area contributed by atoms with Crippen molar-refractivity contribution in [2.75, 3.05) is 6.54 Å². The number of unbranched alkanes of at least 4 members (excludes halogenated alkanes) is 1. The normalized spacial score (nSPS) is 10.1. The summed E-state index contributed by atoms with van der Waals surface area (Å²) in [4.78, 5) is 0. The average molecular weight is 189 g/mol. The number of benzene rings is 1. The number of nitrogens with two attached hydrogens (primary N) is 1. The zero-order valence-corrected chi connectivity index (χ0v) is 8.19. The molecular formula is C11H15N3. The van der Waals surface area contributed by atoms with Crippen LogP contribution < -0.4 is 5.84 Å². The van der Waals surface area contributed by atoms with Gasteiger partial charge in [-0.25, -0.2) is 5.01 Å². The molecule has 0 spiro atoms. The molecule has 0 aliphatic heterocycles. The van der Waals surface area contributed by atoms with E-state index in [9.17, 15) is 0 Å². The van der Waals surface area contributed by atoms with E-state index in [1.165, 1.54) is 5.56 Å². The highest BCUT2D eigenvalue weighted by Crippen LogP contribution is 2.01. The van der Waals surface area contributed by atoms with Gasteiger partial charge in [0.1, 0.15) is 0 Å². The van der Waals surface area contributed by atoms with E-state index in [0.29, 0.717) is 6.42 Å². The van der Waals surface area contributed by atoms with Crippen molar-refractivity contribution in [2.24, 2.45) is 5.84 Å². The molecule has 0 saturated heterocycles. The molecule has 2 N–H and O–H groups in total. The Balaban J connectivity index is 2.28. The first-order valence-corrected chi connectivity index (χ1v) is 4.73. The molecule has 0 atom stereocenters. The highest BCUT2D eigenvalue weighted by Gasteiger charge is 1.99. The third-order valence-electron chi connectivity index (χ3n) is 1.96. The Bertz CT molecular complexity index is 289. The van der Waals surface area contributed by atoms with Crippen molar-refractivity contribution in [2.45, 2.75) is 19.4 Å². The minimum absolute atomic E-state index is 0.572. The quantitative estimate of drug-likeness (QED) is 0.435. The Kier molecular flexibility index (Phi) is 4.70. The van der Waals surface area contributed by atoms with Gasteiger partial charge < -0.3 is 0 Å². The van der Waals surface area contributed by atoms with Gasteiger partial charge >= 0.3 is 0 Å². The summed E-state index contributed by atoms with van der Waals surface area (Å²) in [7, 11) is 0. The molecule has 0 fully saturated rings. The third-order valence-corrected chi connectivity index (χ3v) is 1.96. The average Bonchev–Trinajstić information content (AvgIpc) is 2.20. The standard InChI is InChI=1S/C11H15N3/c12-8-4-5-9-14(13)10-11-6-2-1-3-7-11/h1-3,6-7H,4-5,9-10,13H2. The fraction of sp³-hybridized carbons (Fsp3) is 0.364. The lowest BCUT2D eigenvalue weighted by molar-refractivity contribution is 0.272. The van der Waals surface area contributed by atoms with Crippen molar-refractivity contribution in [1.29, 1.82) is 5.26 Å². The fourth-order valence-corrected chi connectivity index (χ4v) is 1.26. The van der Waals surface area contributed by atoms with Gasteiger partial charge in [-0.15, -0.1) is 0 Å². The highest BCUT2D eigenvalue weighted by atomic mass is 15.4. The maximum atomic E-state index is 8.36. The smallest absolute Gasteiger partial charge is 0.0622 e. The van der Waals surface area contributed by atoms with Gasteiger partial charge in [0.2, 0.25) is 0 Å². The molecule has 0 bridgehead atoms. The molecule has 0 amide bonds. The van der Waals surface area contributed by atoms with E-state index in [1.807, 2.05) is 30.3 Å². The minimum atomic E-state index is 0.572. The number of nitrogens with zero attached hydrogens (tertiary/aromatic N) is 2. The van der Waals surface area contributed by atoms with Crippen molar-refractivity contribution >= 4 is 0 Å². The van der Waals surface area contributed by atoms with Crippen molar-refractivity contribution in [3.8, 4) is 6.07 Å². The SMILES string of the molecule is N#CCCCN(N)Cc1ccccc1. The highest BCUT2D eigenvalue weighted by molar-refractivity contribution is 5.14. The Morgan fingerprint density at radius 2 is 2.00 bits per heavy atom. The summed E-state index contributed by atoms with van der Waals surface area (Å²) in [5.74, 6) is 5.77. The van der Waals surface area contributed by atoms with Gasteiger partial charge in [0.05, 0.1) is 6.07 Å². The number of rotatable bonds is 5. The summed E-state index contributed by atoms with van der Waals surface area (Å²) in [6.07, 6.45) is 1.41. The molecule has 0 unspecified atom stereocenters. The first-order chi connectivity index (χ1) is 6.83. The van der Waals surface area contributed by atoms with Crippen LogP contribution in [0.2, 0.25) is 0 Å². The summed E-state index contributed by atoms with van der Waals surface area (Å²) in [5, 5.41) is 10.1. The first-order valence-electron chi connectivity index (χ1n) is 4.73. The van der Waals surface area contributed by atoms with Crippen molar-refractivity contribution < 1.29 is 0 Å². The molecule has 14 heavy (non-hydrogen) atoms. The number of hydrogen-bond donors (Lipinski definition) is 1. The van der Waals surface area contributed by atoms with E-state index < -0.39 is 0 Å². The van der Waals surface area contributed by atoms with Gasteiger partial charge in [0, 0.05) is 19.5 Å². The molecule has 0 heterocycles. The Morgan fingerprint density at radius 3 is 2.64 bits per heavy atom. The maximum absolute atomic E-state index is 8.36. The maximum Gasteiger partial charge on any atom is 0.0622 e. The number of hydrogen-bond acceptors (Lipinski definition) is 3. The first kappa shape index (κ1) is 10.7. The fourth-order valence-electron chi connectivity index (χ4n) is 1.26. The van der Waals surface area contributed by atoms with Crippen molar-refractivity contribution in [3.63, 3.8) is 0 Å². The Hall–Kier alpha value is -1.37. The molecule has 3 heteroatoms. The Morgan fingerprint density at radius 1 is 1.29 bits per heavy atom. The minimum Gasteiger partial charge on any atom is -0.268 e. The number of nitriles is 1. The van der Waals surface area contributed by atoms with Crippen LogP contribution in [0.4, 0.5) is 0 Å². The van der Waals surface area contributed by atoms with Gasteiger partial charge in [0.15, 0.2) is 0 Å². The Labute approximate surface area is 84.7 Å². The van der Waals surface area contributed by atoms with E-state index in [4.69, 9.17) is 11.1 Å². The van der Waals surface area contributed by atoms with Gasteiger partial charge in [0.25, 0.3) is 0 Å². The topological polar surface area (TPSA) is 53.0 Å². The lowest BCUT2D eigenvalue weighted by Crippen LogP contribution is -2.31. The molecule has 1 aromatic carbocycles. The van der Waals surface area contributed by atoms with Gasteiger partial charge in [-0.05, 0) is 12.0 Å². The van der Waals surface area contributed by atoms with Crippen LogP contribution in [-0.2, 0) is 6.54 Å². The summed E-state index contributed by atoms with van der Waals surface area (Å²) >= 11 is 0. The van der Waals surface area contributed by atoms with Crippen LogP contribution in [-0.4, -0.2) is 11.6 Å². The lowest BCUT2D eigenvalue weighted by atomic mass is 10.2. The zero-order chi connectivity index (χ0) is 10.2. The van der Waals surface area contributed by atoms with Crippen LogP contribution in [0.3, 0.4) is 0 Å². The lowest BCUT2D eigenvalue weighted by Gasteiger charge is -2.15. The number of hydrazine groups is 1. The second-order valence-corrected chi connectivity index (χ2v) is 3.22. The molecule has 1 rings (SSSR count). The second kappa shape index (κ2) is 6.14. The van der Waals surface area contributed by atoms with E-state index in [-0.39, 0.29) is 0 Å². The van der Waals surface area contributed by atoms with E-state index >= 15 is 0 Å². The van der Waals surface area contributed by atoms with E-state index in [2.05, 4.69) is 6.07 Å². The largest absolute Gasteiger partial charge is 0.268 e. The van der Waals surface area contributed by atoms with Crippen LogP contribution in [0.15, 0.2) is 30.3 Å². The molecular weight excluding hydrogens is 174 g/mol. The molecule has 0 radical (unpaired) electrons. The van der Waals surface area contributed by atoms with Crippen LogP contribution in [0.25, 0.3) is 0 Å². The van der Waals surface area contributed by atoms with Crippen molar-refractivity contribution in [1.82, 2.24) is 5.01 Å². The predicted octanol–water partition coefficient (Wildman–Crippen LogP) is 1.67. The van der Waals surface area contributed by atoms with Crippen LogP contribution >= 0.6 is 0 Å². The molecule has 0 aliphatic rings. The molecule has 1 aromatic rings. The summed E-state index contributed by atoms with van der Waals surface area (Å²) in [6.45, 7) is 1.51. The molecule has 74 valence electrons. The van der Waals surface area contributed by atoms with Crippen molar-refractivity contribution in [3.05, 3.63) is 35.9 Å². The van der Waals surface area contributed by atoms with Gasteiger partial charge in [-0.1, -0.05) is 30.3 Å². The predicted molar refractivity (Wildman–Crippen MR) is 55.9 cm³/mol. The molecule has 0 aromatic heterocycles. The molecule has 0 saturated carbocycles.